The number of piperidine rings is 1. The van der Waals surface area contributed by atoms with Crippen LogP contribution in [0, 0.1) is 11.3 Å². The number of benzene rings is 1. The summed E-state index contributed by atoms with van der Waals surface area (Å²) in [5, 5.41) is 3.04. The van der Waals surface area contributed by atoms with Gasteiger partial charge < -0.3 is 10.2 Å². The van der Waals surface area contributed by atoms with Crippen molar-refractivity contribution in [1.82, 2.24) is 4.90 Å². The van der Waals surface area contributed by atoms with Crippen molar-refractivity contribution in [2.45, 2.75) is 52.4 Å². The summed E-state index contributed by atoms with van der Waals surface area (Å²) in [6.07, 6.45) is 3.43. The quantitative estimate of drug-likeness (QED) is 0.855. The van der Waals surface area contributed by atoms with Gasteiger partial charge in [-0.15, -0.1) is 0 Å². The van der Waals surface area contributed by atoms with Crippen molar-refractivity contribution in [1.29, 1.82) is 0 Å². The summed E-state index contributed by atoms with van der Waals surface area (Å²) < 4.78 is 0. The number of anilines is 1. The number of carbonyl (C=O) groups is 2. The molecular weight excluding hydrogens is 300 g/mol. The highest BCUT2D eigenvalue weighted by atomic mass is 16.2. The summed E-state index contributed by atoms with van der Waals surface area (Å²) in [6.45, 7) is 8.02. The van der Waals surface area contributed by atoms with E-state index in [1.807, 2.05) is 29.2 Å². The molecule has 2 fully saturated rings. The number of nitrogens with one attached hydrogen (secondary N) is 1. The number of nitrogens with zero attached hydrogens (tertiary/aromatic N) is 1. The van der Waals surface area contributed by atoms with E-state index >= 15 is 0 Å². The van der Waals surface area contributed by atoms with Crippen LogP contribution in [0.1, 0.15) is 57.9 Å². The molecule has 1 aromatic rings. The van der Waals surface area contributed by atoms with Crippen molar-refractivity contribution in [3.05, 3.63) is 29.8 Å². The van der Waals surface area contributed by atoms with E-state index in [-0.39, 0.29) is 11.8 Å². The van der Waals surface area contributed by atoms with Gasteiger partial charge in [-0.05, 0) is 49.1 Å². The van der Waals surface area contributed by atoms with Gasteiger partial charge in [0, 0.05) is 18.8 Å². The monoisotopic (exact) mass is 328 g/mol. The first-order valence-electron chi connectivity index (χ1n) is 9.14. The third-order valence-electron chi connectivity index (χ3n) is 5.50. The molecule has 1 aromatic carbocycles. The summed E-state index contributed by atoms with van der Waals surface area (Å²) >= 11 is 0. The molecule has 3 rings (SSSR count). The minimum atomic E-state index is -0.815. The van der Waals surface area contributed by atoms with Gasteiger partial charge in [-0.25, -0.2) is 0 Å². The van der Waals surface area contributed by atoms with Crippen LogP contribution in [0.5, 0.6) is 0 Å². The van der Waals surface area contributed by atoms with Gasteiger partial charge in [-0.2, -0.15) is 0 Å². The fourth-order valence-corrected chi connectivity index (χ4v) is 3.53. The first kappa shape index (κ1) is 17.0. The average molecular weight is 328 g/mol. The SMILES string of the molecule is CC1CCN(C(=O)C2(C(=O)Nc3ccccc3C(C)C)CC2)CC1. The summed E-state index contributed by atoms with van der Waals surface area (Å²) in [5.74, 6) is 0.917. The third kappa shape index (κ3) is 3.19. The minimum Gasteiger partial charge on any atom is -0.342 e. The van der Waals surface area contributed by atoms with E-state index in [4.69, 9.17) is 0 Å². The van der Waals surface area contributed by atoms with Crippen LogP contribution in [-0.4, -0.2) is 29.8 Å². The second kappa shape index (κ2) is 6.58. The van der Waals surface area contributed by atoms with Crippen LogP contribution < -0.4 is 5.32 Å². The standard InChI is InChI=1S/C20H28N2O2/c1-14(2)16-6-4-5-7-17(16)21-18(23)20(10-11-20)19(24)22-12-8-15(3)9-13-22/h4-7,14-15H,8-13H2,1-3H3,(H,21,23). The summed E-state index contributed by atoms with van der Waals surface area (Å²) in [7, 11) is 0. The van der Waals surface area contributed by atoms with Crippen molar-refractivity contribution < 1.29 is 9.59 Å². The minimum absolute atomic E-state index is 0.0360. The van der Waals surface area contributed by atoms with Gasteiger partial charge >= 0.3 is 0 Å². The number of hydrogen-bond acceptors (Lipinski definition) is 2. The molecular formula is C20H28N2O2. The van der Waals surface area contributed by atoms with E-state index in [1.54, 1.807) is 0 Å². The topological polar surface area (TPSA) is 49.4 Å². The molecule has 0 atom stereocenters. The van der Waals surface area contributed by atoms with Gasteiger partial charge in [0.2, 0.25) is 11.8 Å². The molecule has 4 nitrogen and oxygen atoms in total. The lowest BCUT2D eigenvalue weighted by atomic mass is 9.96. The second-order valence-electron chi connectivity index (χ2n) is 7.75. The maximum absolute atomic E-state index is 12.9. The fraction of sp³-hybridized carbons (Fsp3) is 0.600. The van der Waals surface area contributed by atoms with Gasteiger partial charge in [-0.3, -0.25) is 9.59 Å². The Morgan fingerprint density at radius 3 is 2.38 bits per heavy atom. The Morgan fingerprint density at radius 1 is 1.17 bits per heavy atom. The number of hydrogen-bond donors (Lipinski definition) is 1. The van der Waals surface area contributed by atoms with E-state index in [9.17, 15) is 9.59 Å². The molecule has 24 heavy (non-hydrogen) atoms. The molecule has 1 saturated heterocycles. The number of carbonyl (C=O) groups excluding carboxylic acids is 2. The second-order valence-corrected chi connectivity index (χ2v) is 7.75. The Balaban J connectivity index is 1.72. The summed E-state index contributed by atoms with van der Waals surface area (Å²) in [5.41, 5.74) is 1.13. The highest BCUT2D eigenvalue weighted by Crippen LogP contribution is 2.48. The van der Waals surface area contributed by atoms with Gasteiger partial charge in [0.05, 0.1) is 0 Å². The fourth-order valence-electron chi connectivity index (χ4n) is 3.53. The predicted molar refractivity (Wildman–Crippen MR) is 95.8 cm³/mol. The van der Waals surface area contributed by atoms with Crippen molar-refractivity contribution in [2.24, 2.45) is 11.3 Å². The zero-order chi connectivity index (χ0) is 17.3. The molecule has 130 valence electrons. The van der Waals surface area contributed by atoms with Crippen molar-refractivity contribution in [2.75, 3.05) is 18.4 Å². The van der Waals surface area contributed by atoms with Crippen LogP contribution in [0.4, 0.5) is 5.69 Å². The van der Waals surface area contributed by atoms with Crippen LogP contribution in [0.3, 0.4) is 0 Å². The molecule has 1 saturated carbocycles. The predicted octanol–water partition coefficient (Wildman–Crippen LogP) is 3.79. The van der Waals surface area contributed by atoms with Gasteiger partial charge in [0.15, 0.2) is 0 Å². The van der Waals surface area contributed by atoms with E-state index < -0.39 is 5.41 Å². The lowest BCUT2D eigenvalue weighted by Gasteiger charge is -2.33. The number of amides is 2. The molecule has 0 radical (unpaired) electrons. The average Bonchev–Trinajstić information content (AvgIpc) is 3.37. The Morgan fingerprint density at radius 2 is 1.79 bits per heavy atom. The largest absolute Gasteiger partial charge is 0.342 e. The number of rotatable bonds is 4. The van der Waals surface area contributed by atoms with Crippen LogP contribution in [0.25, 0.3) is 0 Å². The Bertz CT molecular complexity index is 626. The molecule has 1 aliphatic carbocycles. The van der Waals surface area contributed by atoms with Crippen LogP contribution in [0.2, 0.25) is 0 Å². The Labute approximate surface area is 144 Å². The molecule has 0 unspecified atom stereocenters. The zero-order valence-corrected chi connectivity index (χ0v) is 15.0. The molecule has 1 aliphatic heterocycles. The first-order valence-corrected chi connectivity index (χ1v) is 9.14. The van der Waals surface area contributed by atoms with Gasteiger partial charge in [0.1, 0.15) is 5.41 Å². The van der Waals surface area contributed by atoms with E-state index in [0.29, 0.717) is 24.7 Å². The molecule has 0 spiro atoms. The van der Waals surface area contributed by atoms with Crippen molar-refractivity contribution in [3.63, 3.8) is 0 Å². The molecule has 2 amide bonds. The van der Waals surface area contributed by atoms with Crippen LogP contribution >= 0.6 is 0 Å². The van der Waals surface area contributed by atoms with E-state index in [1.165, 1.54) is 0 Å². The molecule has 2 aliphatic rings. The summed E-state index contributed by atoms with van der Waals surface area (Å²) in [4.78, 5) is 27.7. The normalized spacial score (nSPS) is 20.1. The molecule has 0 aromatic heterocycles. The third-order valence-corrected chi connectivity index (χ3v) is 5.50. The maximum Gasteiger partial charge on any atom is 0.240 e. The number of likely N-dealkylation sites (tertiary alicyclic amines) is 1. The zero-order valence-electron chi connectivity index (χ0n) is 15.0. The van der Waals surface area contributed by atoms with E-state index in [2.05, 4.69) is 26.1 Å². The van der Waals surface area contributed by atoms with Crippen molar-refractivity contribution >= 4 is 17.5 Å². The molecule has 4 heteroatoms. The van der Waals surface area contributed by atoms with Crippen LogP contribution in [0.15, 0.2) is 24.3 Å². The molecule has 1 heterocycles. The van der Waals surface area contributed by atoms with E-state index in [0.717, 1.165) is 37.2 Å². The lowest BCUT2D eigenvalue weighted by Crippen LogP contribution is -2.46. The maximum atomic E-state index is 12.9. The first-order chi connectivity index (χ1) is 11.4. The summed E-state index contributed by atoms with van der Waals surface area (Å²) in [6, 6.07) is 7.87. The molecule has 1 N–H and O–H groups in total. The number of para-hydroxylation sites is 1. The highest BCUT2D eigenvalue weighted by Gasteiger charge is 2.58. The molecule has 0 bridgehead atoms. The Hall–Kier alpha value is -1.84. The van der Waals surface area contributed by atoms with Gasteiger partial charge in [0.25, 0.3) is 0 Å². The van der Waals surface area contributed by atoms with Crippen molar-refractivity contribution in [3.8, 4) is 0 Å². The lowest BCUT2D eigenvalue weighted by molar-refractivity contribution is -0.143. The smallest absolute Gasteiger partial charge is 0.240 e. The Kier molecular flexibility index (Phi) is 4.66. The van der Waals surface area contributed by atoms with Crippen LogP contribution in [-0.2, 0) is 9.59 Å². The van der Waals surface area contributed by atoms with Gasteiger partial charge in [-0.1, -0.05) is 39.0 Å². The highest BCUT2D eigenvalue weighted by molar-refractivity contribution is 6.13.